The summed E-state index contributed by atoms with van der Waals surface area (Å²) >= 11 is 6.29. The van der Waals surface area contributed by atoms with Crippen molar-refractivity contribution >= 4 is 11.6 Å². The average Bonchev–Trinajstić information content (AvgIpc) is 2.45. The first kappa shape index (κ1) is 14.8. The summed E-state index contributed by atoms with van der Waals surface area (Å²) in [7, 11) is 3.42. The highest BCUT2D eigenvalue weighted by atomic mass is 35.5. The molecule has 0 saturated heterocycles. The van der Waals surface area contributed by atoms with E-state index in [1.165, 1.54) is 6.07 Å². The zero-order chi connectivity index (χ0) is 14.7. The van der Waals surface area contributed by atoms with Crippen molar-refractivity contribution in [3.63, 3.8) is 0 Å². The van der Waals surface area contributed by atoms with Crippen LogP contribution in [-0.2, 0) is 0 Å². The molecule has 0 bridgehead atoms. The van der Waals surface area contributed by atoms with Crippen molar-refractivity contribution in [2.45, 2.75) is 13.0 Å². The fraction of sp³-hybridized carbons (Fsp3) is 0.250. The number of benzene rings is 2. The number of rotatable bonds is 4. The van der Waals surface area contributed by atoms with E-state index in [1.807, 2.05) is 25.2 Å². The maximum atomic E-state index is 13.7. The van der Waals surface area contributed by atoms with Gasteiger partial charge in [-0.15, -0.1) is 0 Å². The molecule has 0 saturated carbocycles. The molecule has 0 spiro atoms. The maximum absolute atomic E-state index is 13.7. The predicted molar refractivity (Wildman–Crippen MR) is 80.0 cm³/mol. The Balaban J connectivity index is 2.43. The molecule has 2 nitrogen and oxygen atoms in total. The van der Waals surface area contributed by atoms with Gasteiger partial charge in [-0.2, -0.15) is 0 Å². The molecular formula is C16H17ClFNO. The Morgan fingerprint density at radius 3 is 2.50 bits per heavy atom. The molecule has 0 aromatic heterocycles. The lowest BCUT2D eigenvalue weighted by Crippen LogP contribution is -2.18. The molecule has 0 aliphatic rings. The van der Waals surface area contributed by atoms with Crippen molar-refractivity contribution < 1.29 is 9.13 Å². The fourth-order valence-corrected chi connectivity index (χ4v) is 2.44. The monoisotopic (exact) mass is 293 g/mol. The Morgan fingerprint density at radius 1 is 1.20 bits per heavy atom. The van der Waals surface area contributed by atoms with Crippen molar-refractivity contribution in [2.24, 2.45) is 0 Å². The van der Waals surface area contributed by atoms with Crippen LogP contribution < -0.4 is 10.1 Å². The summed E-state index contributed by atoms with van der Waals surface area (Å²) in [6.07, 6.45) is 0. The number of hydrogen-bond acceptors (Lipinski definition) is 2. The molecule has 0 aliphatic carbocycles. The number of halogens is 2. The molecule has 1 N–H and O–H groups in total. The summed E-state index contributed by atoms with van der Waals surface area (Å²) in [5.41, 5.74) is 2.35. The summed E-state index contributed by atoms with van der Waals surface area (Å²) in [6, 6.07) is 10.5. The van der Waals surface area contributed by atoms with Gasteiger partial charge in [0.05, 0.1) is 13.2 Å². The molecule has 0 amide bonds. The summed E-state index contributed by atoms with van der Waals surface area (Å²) in [4.78, 5) is 0. The van der Waals surface area contributed by atoms with E-state index in [4.69, 9.17) is 16.3 Å². The molecule has 0 radical (unpaired) electrons. The Bertz CT molecular complexity index is 615. The smallest absolute Gasteiger partial charge is 0.126 e. The van der Waals surface area contributed by atoms with Gasteiger partial charge in [-0.25, -0.2) is 4.39 Å². The van der Waals surface area contributed by atoms with Gasteiger partial charge in [-0.3, -0.25) is 0 Å². The highest BCUT2D eigenvalue weighted by Gasteiger charge is 2.16. The Labute approximate surface area is 123 Å². The van der Waals surface area contributed by atoms with Gasteiger partial charge >= 0.3 is 0 Å². The number of methoxy groups -OCH3 is 1. The maximum Gasteiger partial charge on any atom is 0.126 e. The SMILES string of the molecule is CNC(c1ccc(C)c(F)c1)c1ccc(OC)cc1Cl. The van der Waals surface area contributed by atoms with Gasteiger partial charge in [0.25, 0.3) is 0 Å². The summed E-state index contributed by atoms with van der Waals surface area (Å²) in [6.45, 7) is 1.74. The largest absolute Gasteiger partial charge is 0.497 e. The molecule has 0 fully saturated rings. The molecule has 2 aromatic rings. The minimum absolute atomic E-state index is 0.163. The highest BCUT2D eigenvalue weighted by Crippen LogP contribution is 2.31. The van der Waals surface area contributed by atoms with Crippen LogP contribution in [0.2, 0.25) is 5.02 Å². The van der Waals surface area contributed by atoms with Crippen LogP contribution >= 0.6 is 11.6 Å². The summed E-state index contributed by atoms with van der Waals surface area (Å²) in [5.74, 6) is 0.482. The van der Waals surface area contributed by atoms with Crippen molar-refractivity contribution in [1.82, 2.24) is 5.32 Å². The second-order valence-electron chi connectivity index (χ2n) is 4.62. The molecular weight excluding hydrogens is 277 g/mol. The number of ether oxygens (including phenoxy) is 1. The Morgan fingerprint density at radius 2 is 1.95 bits per heavy atom. The number of aryl methyl sites for hydroxylation is 1. The third-order valence-electron chi connectivity index (χ3n) is 3.34. The summed E-state index contributed by atoms with van der Waals surface area (Å²) in [5, 5.41) is 3.76. The van der Waals surface area contributed by atoms with E-state index in [0.29, 0.717) is 16.3 Å². The average molecular weight is 294 g/mol. The minimum Gasteiger partial charge on any atom is -0.497 e. The van der Waals surface area contributed by atoms with Gasteiger partial charge in [-0.1, -0.05) is 29.8 Å². The van der Waals surface area contributed by atoms with Crippen molar-refractivity contribution in [1.29, 1.82) is 0 Å². The first-order valence-electron chi connectivity index (χ1n) is 6.33. The van der Waals surface area contributed by atoms with Crippen LogP contribution in [-0.4, -0.2) is 14.2 Å². The van der Waals surface area contributed by atoms with Crippen LogP contribution in [0, 0.1) is 12.7 Å². The molecule has 20 heavy (non-hydrogen) atoms. The molecule has 1 atom stereocenters. The first-order chi connectivity index (χ1) is 9.56. The van der Waals surface area contributed by atoms with Gasteiger partial charge in [0.2, 0.25) is 0 Å². The zero-order valence-electron chi connectivity index (χ0n) is 11.7. The molecule has 106 valence electrons. The fourth-order valence-electron chi connectivity index (χ4n) is 2.16. The van der Waals surface area contributed by atoms with E-state index >= 15 is 0 Å². The lowest BCUT2D eigenvalue weighted by molar-refractivity contribution is 0.414. The van der Waals surface area contributed by atoms with E-state index in [2.05, 4.69) is 5.32 Å². The highest BCUT2D eigenvalue weighted by molar-refractivity contribution is 6.31. The molecule has 4 heteroatoms. The van der Waals surface area contributed by atoms with Crippen molar-refractivity contribution in [3.05, 3.63) is 63.9 Å². The van der Waals surface area contributed by atoms with Gasteiger partial charge in [0.1, 0.15) is 11.6 Å². The quantitative estimate of drug-likeness (QED) is 0.916. The lowest BCUT2D eigenvalue weighted by Gasteiger charge is -2.19. The number of hydrogen-bond donors (Lipinski definition) is 1. The minimum atomic E-state index is -0.215. The van der Waals surface area contributed by atoms with Crippen molar-refractivity contribution in [2.75, 3.05) is 14.2 Å². The third kappa shape index (κ3) is 2.94. The Hall–Kier alpha value is -1.58. The van der Waals surface area contributed by atoms with Gasteiger partial charge in [-0.05, 0) is 48.9 Å². The second-order valence-corrected chi connectivity index (χ2v) is 5.02. The van der Waals surface area contributed by atoms with Gasteiger partial charge in [0, 0.05) is 5.02 Å². The number of nitrogens with one attached hydrogen (secondary N) is 1. The van der Waals surface area contributed by atoms with E-state index in [0.717, 1.165) is 11.1 Å². The standard InChI is InChI=1S/C16H17ClFNO/c1-10-4-5-11(8-15(10)18)16(19-2)13-7-6-12(20-3)9-14(13)17/h4-9,16,19H,1-3H3. The third-order valence-corrected chi connectivity index (χ3v) is 3.66. The van der Waals surface area contributed by atoms with E-state index in [9.17, 15) is 4.39 Å². The first-order valence-corrected chi connectivity index (χ1v) is 6.71. The van der Waals surface area contributed by atoms with E-state index in [1.54, 1.807) is 26.2 Å². The van der Waals surface area contributed by atoms with Crippen LogP contribution in [0.25, 0.3) is 0 Å². The van der Waals surface area contributed by atoms with E-state index in [-0.39, 0.29) is 11.9 Å². The zero-order valence-corrected chi connectivity index (χ0v) is 12.5. The van der Waals surface area contributed by atoms with Crippen LogP contribution in [0.4, 0.5) is 4.39 Å². The van der Waals surface area contributed by atoms with Gasteiger partial charge in [0.15, 0.2) is 0 Å². The predicted octanol–water partition coefficient (Wildman–Crippen LogP) is 4.10. The van der Waals surface area contributed by atoms with Crippen LogP contribution in [0.3, 0.4) is 0 Å². The second kappa shape index (κ2) is 6.25. The van der Waals surface area contributed by atoms with Gasteiger partial charge < -0.3 is 10.1 Å². The molecule has 1 unspecified atom stereocenters. The molecule has 2 aromatic carbocycles. The Kier molecular flexibility index (Phi) is 4.63. The lowest BCUT2D eigenvalue weighted by atomic mass is 9.97. The van der Waals surface area contributed by atoms with Crippen LogP contribution in [0.1, 0.15) is 22.7 Å². The van der Waals surface area contributed by atoms with Crippen LogP contribution in [0.5, 0.6) is 5.75 Å². The molecule has 2 rings (SSSR count). The normalized spacial score (nSPS) is 12.2. The molecule has 0 aliphatic heterocycles. The topological polar surface area (TPSA) is 21.3 Å². The summed E-state index contributed by atoms with van der Waals surface area (Å²) < 4.78 is 18.9. The van der Waals surface area contributed by atoms with Crippen molar-refractivity contribution in [3.8, 4) is 5.75 Å². The van der Waals surface area contributed by atoms with Crippen LogP contribution in [0.15, 0.2) is 36.4 Å². The van der Waals surface area contributed by atoms with E-state index < -0.39 is 0 Å². The molecule has 0 heterocycles.